The molecule has 0 spiro atoms. The number of rotatable bonds is 4. The second kappa shape index (κ2) is 5.98. The van der Waals surface area contributed by atoms with Gasteiger partial charge in [0.15, 0.2) is 0 Å². The van der Waals surface area contributed by atoms with Crippen molar-refractivity contribution in [1.29, 1.82) is 0 Å². The number of hydrogen-bond acceptors (Lipinski definition) is 2. The number of hydrogen-bond donors (Lipinski definition) is 2. The van der Waals surface area contributed by atoms with Crippen LogP contribution in [0.5, 0.6) is 0 Å². The lowest BCUT2D eigenvalue weighted by Gasteiger charge is -2.17. The molecule has 1 rings (SSSR count). The van der Waals surface area contributed by atoms with Gasteiger partial charge in [-0.2, -0.15) is 0 Å². The Morgan fingerprint density at radius 3 is 2.71 bits per heavy atom. The minimum atomic E-state index is -0.562. The minimum Gasteiger partial charge on any atom is -0.396 e. The van der Waals surface area contributed by atoms with E-state index >= 15 is 0 Å². The first kappa shape index (κ1) is 13.9. The Hall–Kier alpha value is -1.13. The molecule has 3 nitrogen and oxygen atoms in total. The van der Waals surface area contributed by atoms with Crippen molar-refractivity contribution in [1.82, 2.24) is 0 Å². The maximum atomic E-state index is 13.4. The molecular formula is C12H15ClFNO2. The highest BCUT2D eigenvalue weighted by molar-refractivity contribution is 6.30. The van der Waals surface area contributed by atoms with Crippen LogP contribution >= 0.6 is 11.6 Å². The molecule has 0 bridgehead atoms. The fourth-order valence-corrected chi connectivity index (χ4v) is 1.59. The first-order valence-electron chi connectivity index (χ1n) is 5.32. The predicted octanol–water partition coefficient (Wildman–Crippen LogP) is 2.68. The van der Waals surface area contributed by atoms with Crippen LogP contribution in [0.15, 0.2) is 18.2 Å². The molecule has 1 aromatic rings. The van der Waals surface area contributed by atoms with Gasteiger partial charge in [-0.3, -0.25) is 4.79 Å². The van der Waals surface area contributed by atoms with Gasteiger partial charge < -0.3 is 10.4 Å². The Balaban J connectivity index is 2.83. The van der Waals surface area contributed by atoms with Crippen molar-refractivity contribution in [2.24, 2.45) is 11.8 Å². The number of anilines is 1. The van der Waals surface area contributed by atoms with Crippen molar-refractivity contribution in [2.75, 3.05) is 11.9 Å². The van der Waals surface area contributed by atoms with Crippen LogP contribution in [0.2, 0.25) is 5.02 Å². The number of halogens is 2. The molecule has 0 saturated heterocycles. The molecule has 0 aliphatic heterocycles. The van der Waals surface area contributed by atoms with Crippen molar-refractivity contribution in [3.8, 4) is 0 Å². The summed E-state index contributed by atoms with van der Waals surface area (Å²) in [6, 6.07) is 3.92. The molecule has 5 heteroatoms. The summed E-state index contributed by atoms with van der Waals surface area (Å²) in [5.74, 6) is -1.55. The van der Waals surface area contributed by atoms with Gasteiger partial charge in [-0.15, -0.1) is 0 Å². The summed E-state index contributed by atoms with van der Waals surface area (Å²) in [6.45, 7) is 3.36. The van der Waals surface area contributed by atoms with Gasteiger partial charge in [0.05, 0.1) is 18.2 Å². The van der Waals surface area contributed by atoms with E-state index in [4.69, 9.17) is 16.7 Å². The molecule has 2 N–H and O–H groups in total. The largest absolute Gasteiger partial charge is 0.396 e. The van der Waals surface area contributed by atoms with Crippen molar-refractivity contribution in [3.63, 3.8) is 0 Å². The standard InChI is InChI=1S/C12H15ClFNO2/c1-7(2)9(6-16)12(17)15-11-5-8(13)3-4-10(11)14/h3-5,7,9,16H,6H2,1-2H3,(H,15,17). The minimum absolute atomic E-state index is 0.0257. The number of aliphatic hydroxyl groups excluding tert-OH is 1. The normalized spacial score (nSPS) is 12.6. The van der Waals surface area contributed by atoms with Crippen molar-refractivity contribution < 1.29 is 14.3 Å². The quantitative estimate of drug-likeness (QED) is 0.873. The molecule has 0 aliphatic rings. The molecular weight excluding hydrogens is 245 g/mol. The monoisotopic (exact) mass is 259 g/mol. The highest BCUT2D eigenvalue weighted by atomic mass is 35.5. The van der Waals surface area contributed by atoms with Crippen LogP contribution in [-0.4, -0.2) is 17.6 Å². The predicted molar refractivity (Wildman–Crippen MR) is 65.5 cm³/mol. The van der Waals surface area contributed by atoms with Crippen LogP contribution < -0.4 is 5.32 Å². The van der Waals surface area contributed by atoms with Crippen LogP contribution in [-0.2, 0) is 4.79 Å². The van der Waals surface area contributed by atoms with Gasteiger partial charge in [0, 0.05) is 5.02 Å². The van der Waals surface area contributed by atoms with E-state index in [0.29, 0.717) is 5.02 Å². The van der Waals surface area contributed by atoms with E-state index < -0.39 is 17.6 Å². The first-order chi connectivity index (χ1) is 7.95. The SMILES string of the molecule is CC(C)C(CO)C(=O)Nc1cc(Cl)ccc1F. The third-order valence-electron chi connectivity index (χ3n) is 2.52. The van der Waals surface area contributed by atoms with Gasteiger partial charge in [-0.25, -0.2) is 4.39 Å². The van der Waals surface area contributed by atoms with Gasteiger partial charge in [0.25, 0.3) is 0 Å². The lowest BCUT2D eigenvalue weighted by Crippen LogP contribution is -2.30. The summed E-state index contributed by atoms with van der Waals surface area (Å²) in [4.78, 5) is 11.8. The average molecular weight is 260 g/mol. The molecule has 0 radical (unpaired) electrons. The summed E-state index contributed by atoms with van der Waals surface area (Å²) < 4.78 is 13.4. The molecule has 0 fully saturated rings. The number of nitrogens with one attached hydrogen (secondary N) is 1. The highest BCUT2D eigenvalue weighted by Gasteiger charge is 2.22. The summed E-state index contributed by atoms with van der Waals surface area (Å²) in [5.41, 5.74) is 0.0293. The Labute approximate surface area is 105 Å². The molecule has 0 heterocycles. The molecule has 0 aromatic heterocycles. The molecule has 1 atom stereocenters. The van der Waals surface area contributed by atoms with Gasteiger partial charge in [0.2, 0.25) is 5.91 Å². The molecule has 17 heavy (non-hydrogen) atoms. The van der Waals surface area contributed by atoms with E-state index in [1.165, 1.54) is 18.2 Å². The van der Waals surface area contributed by atoms with Crippen molar-refractivity contribution in [3.05, 3.63) is 29.0 Å². The fourth-order valence-electron chi connectivity index (χ4n) is 1.42. The molecule has 94 valence electrons. The molecule has 0 saturated carbocycles. The second-order valence-corrected chi connectivity index (χ2v) is 4.58. The summed E-state index contributed by atoms with van der Waals surface area (Å²) in [6.07, 6.45) is 0. The zero-order valence-electron chi connectivity index (χ0n) is 9.71. The van der Waals surface area contributed by atoms with E-state index in [0.717, 1.165) is 0 Å². The van der Waals surface area contributed by atoms with Crippen LogP contribution in [0.25, 0.3) is 0 Å². The number of benzene rings is 1. The number of carbonyl (C=O) groups is 1. The first-order valence-corrected chi connectivity index (χ1v) is 5.70. The topological polar surface area (TPSA) is 49.3 Å². The molecule has 0 aliphatic carbocycles. The van der Waals surface area contributed by atoms with E-state index in [1.807, 2.05) is 13.8 Å². The Morgan fingerprint density at radius 2 is 2.18 bits per heavy atom. The third kappa shape index (κ3) is 3.68. The fraction of sp³-hybridized carbons (Fsp3) is 0.417. The van der Waals surface area contributed by atoms with Crippen LogP contribution in [0.3, 0.4) is 0 Å². The van der Waals surface area contributed by atoms with Crippen LogP contribution in [0.4, 0.5) is 10.1 Å². The lowest BCUT2D eigenvalue weighted by molar-refractivity contribution is -0.122. The molecule has 1 amide bonds. The maximum absolute atomic E-state index is 13.4. The van der Waals surface area contributed by atoms with Crippen molar-refractivity contribution in [2.45, 2.75) is 13.8 Å². The van der Waals surface area contributed by atoms with Crippen LogP contribution in [0.1, 0.15) is 13.8 Å². The van der Waals surface area contributed by atoms with Crippen LogP contribution in [0, 0.1) is 17.7 Å². The van der Waals surface area contributed by atoms with Crippen molar-refractivity contribution >= 4 is 23.2 Å². The van der Waals surface area contributed by atoms with Gasteiger partial charge in [-0.05, 0) is 24.1 Å². The van der Waals surface area contributed by atoms with Gasteiger partial charge in [-0.1, -0.05) is 25.4 Å². The number of carbonyl (C=O) groups excluding carboxylic acids is 1. The van der Waals surface area contributed by atoms with E-state index in [2.05, 4.69) is 5.32 Å². The molecule has 1 unspecified atom stereocenters. The summed E-state index contributed by atoms with van der Waals surface area (Å²) >= 11 is 5.71. The Morgan fingerprint density at radius 1 is 1.53 bits per heavy atom. The zero-order valence-corrected chi connectivity index (χ0v) is 10.5. The summed E-state index contributed by atoms with van der Waals surface area (Å²) in [5, 5.41) is 11.9. The Bertz CT molecular complexity index is 409. The third-order valence-corrected chi connectivity index (χ3v) is 2.76. The maximum Gasteiger partial charge on any atom is 0.230 e. The second-order valence-electron chi connectivity index (χ2n) is 4.15. The number of aliphatic hydroxyl groups is 1. The average Bonchev–Trinajstić information content (AvgIpc) is 2.24. The summed E-state index contributed by atoms with van der Waals surface area (Å²) in [7, 11) is 0. The number of amides is 1. The van der Waals surface area contributed by atoms with E-state index in [9.17, 15) is 9.18 Å². The van der Waals surface area contributed by atoms with E-state index in [-0.39, 0.29) is 18.2 Å². The highest BCUT2D eigenvalue weighted by Crippen LogP contribution is 2.21. The van der Waals surface area contributed by atoms with E-state index in [1.54, 1.807) is 0 Å². The van der Waals surface area contributed by atoms with Gasteiger partial charge in [0.1, 0.15) is 5.82 Å². The Kier molecular flexibility index (Phi) is 4.90. The molecule has 1 aromatic carbocycles. The van der Waals surface area contributed by atoms with Gasteiger partial charge >= 0.3 is 0 Å². The lowest BCUT2D eigenvalue weighted by atomic mass is 9.96. The smallest absolute Gasteiger partial charge is 0.230 e. The zero-order chi connectivity index (χ0) is 13.0.